The SMILES string of the molecule is CCC1(C(=O)Cc2ccc(C)cc2)CCCN1. The molecule has 0 radical (unpaired) electrons. The third-order valence-corrected chi connectivity index (χ3v) is 3.87. The van der Waals surface area contributed by atoms with Crippen LogP contribution < -0.4 is 5.32 Å². The first-order valence-corrected chi connectivity index (χ1v) is 6.50. The lowest BCUT2D eigenvalue weighted by Crippen LogP contribution is -2.47. The first-order chi connectivity index (χ1) is 8.16. The van der Waals surface area contributed by atoms with Gasteiger partial charge in [-0.1, -0.05) is 36.8 Å². The molecule has 1 aromatic rings. The Labute approximate surface area is 103 Å². The summed E-state index contributed by atoms with van der Waals surface area (Å²) >= 11 is 0. The molecule has 0 bridgehead atoms. The Hall–Kier alpha value is -1.15. The highest BCUT2D eigenvalue weighted by atomic mass is 16.1. The molecule has 17 heavy (non-hydrogen) atoms. The van der Waals surface area contributed by atoms with Gasteiger partial charge in [0.15, 0.2) is 5.78 Å². The summed E-state index contributed by atoms with van der Waals surface area (Å²) in [5.41, 5.74) is 2.12. The van der Waals surface area contributed by atoms with Crippen molar-refractivity contribution in [2.24, 2.45) is 0 Å². The summed E-state index contributed by atoms with van der Waals surface area (Å²) in [5, 5.41) is 3.40. The molecule has 0 saturated carbocycles. The monoisotopic (exact) mass is 231 g/mol. The van der Waals surface area contributed by atoms with Crippen LogP contribution in [0.25, 0.3) is 0 Å². The van der Waals surface area contributed by atoms with E-state index in [1.165, 1.54) is 5.56 Å². The fourth-order valence-electron chi connectivity index (χ4n) is 2.60. The predicted octanol–water partition coefficient (Wildman–Crippen LogP) is 2.64. The van der Waals surface area contributed by atoms with Gasteiger partial charge in [0, 0.05) is 6.42 Å². The minimum atomic E-state index is -0.245. The van der Waals surface area contributed by atoms with E-state index in [9.17, 15) is 4.79 Å². The van der Waals surface area contributed by atoms with E-state index in [2.05, 4.69) is 43.4 Å². The third kappa shape index (κ3) is 2.58. The van der Waals surface area contributed by atoms with Crippen molar-refractivity contribution in [1.82, 2.24) is 5.32 Å². The van der Waals surface area contributed by atoms with Crippen LogP contribution in [0.5, 0.6) is 0 Å². The van der Waals surface area contributed by atoms with Gasteiger partial charge in [0.25, 0.3) is 0 Å². The van der Waals surface area contributed by atoms with Crippen LogP contribution in [-0.2, 0) is 11.2 Å². The van der Waals surface area contributed by atoms with Crippen LogP contribution >= 0.6 is 0 Å². The molecular formula is C15H21NO. The van der Waals surface area contributed by atoms with Gasteiger partial charge in [-0.25, -0.2) is 0 Å². The Morgan fingerprint density at radius 3 is 2.59 bits per heavy atom. The van der Waals surface area contributed by atoms with E-state index < -0.39 is 0 Å². The van der Waals surface area contributed by atoms with Crippen LogP contribution in [0, 0.1) is 6.92 Å². The number of rotatable bonds is 4. The van der Waals surface area contributed by atoms with Crippen molar-refractivity contribution >= 4 is 5.78 Å². The number of benzene rings is 1. The summed E-state index contributed by atoms with van der Waals surface area (Å²) in [5.74, 6) is 0.348. The molecule has 0 spiro atoms. The van der Waals surface area contributed by atoms with Crippen molar-refractivity contribution in [2.75, 3.05) is 6.54 Å². The molecule has 1 fully saturated rings. The zero-order valence-electron chi connectivity index (χ0n) is 10.8. The van der Waals surface area contributed by atoms with Gasteiger partial charge in [-0.15, -0.1) is 0 Å². The summed E-state index contributed by atoms with van der Waals surface area (Å²) in [4.78, 5) is 12.4. The van der Waals surface area contributed by atoms with E-state index in [0.717, 1.165) is 31.4 Å². The maximum absolute atomic E-state index is 12.4. The van der Waals surface area contributed by atoms with Crippen molar-refractivity contribution in [3.8, 4) is 0 Å². The second-order valence-corrected chi connectivity index (χ2v) is 5.05. The Morgan fingerprint density at radius 1 is 1.35 bits per heavy atom. The van der Waals surface area contributed by atoms with Gasteiger partial charge in [0.05, 0.1) is 5.54 Å². The molecule has 0 amide bonds. The van der Waals surface area contributed by atoms with Crippen LogP contribution in [-0.4, -0.2) is 17.9 Å². The molecule has 1 aliphatic rings. The number of aryl methyl sites for hydroxylation is 1. The predicted molar refractivity (Wildman–Crippen MR) is 70.1 cm³/mol. The van der Waals surface area contributed by atoms with Crippen LogP contribution in [0.2, 0.25) is 0 Å². The minimum absolute atomic E-state index is 0.245. The number of hydrogen-bond acceptors (Lipinski definition) is 2. The molecule has 1 heterocycles. The highest BCUT2D eigenvalue weighted by Gasteiger charge is 2.38. The molecule has 2 heteroatoms. The number of carbonyl (C=O) groups is 1. The normalized spacial score (nSPS) is 23.9. The van der Waals surface area contributed by atoms with Crippen molar-refractivity contribution in [1.29, 1.82) is 0 Å². The minimum Gasteiger partial charge on any atom is -0.305 e. The van der Waals surface area contributed by atoms with Crippen LogP contribution in [0.1, 0.15) is 37.3 Å². The van der Waals surface area contributed by atoms with Crippen molar-refractivity contribution < 1.29 is 4.79 Å². The zero-order chi connectivity index (χ0) is 12.3. The van der Waals surface area contributed by atoms with Crippen molar-refractivity contribution in [3.63, 3.8) is 0 Å². The molecule has 0 aliphatic carbocycles. The third-order valence-electron chi connectivity index (χ3n) is 3.87. The average Bonchev–Trinajstić information content (AvgIpc) is 2.82. The van der Waals surface area contributed by atoms with Crippen LogP contribution in [0.4, 0.5) is 0 Å². The highest BCUT2D eigenvalue weighted by molar-refractivity contribution is 5.90. The van der Waals surface area contributed by atoms with Gasteiger partial charge in [0.1, 0.15) is 0 Å². The number of Topliss-reactive ketones (excluding diaryl/α,β-unsaturated/α-hetero) is 1. The maximum Gasteiger partial charge on any atom is 0.157 e. The zero-order valence-corrected chi connectivity index (χ0v) is 10.8. The average molecular weight is 231 g/mol. The molecule has 2 nitrogen and oxygen atoms in total. The van der Waals surface area contributed by atoms with E-state index in [0.29, 0.717) is 12.2 Å². The number of nitrogens with one attached hydrogen (secondary N) is 1. The smallest absolute Gasteiger partial charge is 0.157 e. The van der Waals surface area contributed by atoms with Gasteiger partial charge >= 0.3 is 0 Å². The first kappa shape index (κ1) is 12.3. The van der Waals surface area contributed by atoms with Gasteiger partial charge in [0.2, 0.25) is 0 Å². The van der Waals surface area contributed by atoms with Crippen LogP contribution in [0.15, 0.2) is 24.3 Å². The Kier molecular flexibility index (Phi) is 3.63. The summed E-state index contributed by atoms with van der Waals surface area (Å²) in [6.45, 7) is 5.15. The van der Waals surface area contributed by atoms with E-state index in [-0.39, 0.29) is 5.54 Å². The van der Waals surface area contributed by atoms with Crippen LogP contribution in [0.3, 0.4) is 0 Å². The summed E-state index contributed by atoms with van der Waals surface area (Å²) in [7, 11) is 0. The molecule has 1 aliphatic heterocycles. The summed E-state index contributed by atoms with van der Waals surface area (Å²) in [6, 6.07) is 8.27. The summed E-state index contributed by atoms with van der Waals surface area (Å²) in [6.07, 6.45) is 3.57. The topological polar surface area (TPSA) is 29.1 Å². The maximum atomic E-state index is 12.4. The number of carbonyl (C=O) groups excluding carboxylic acids is 1. The molecule has 1 N–H and O–H groups in total. The fraction of sp³-hybridized carbons (Fsp3) is 0.533. The lowest BCUT2D eigenvalue weighted by molar-refractivity contribution is -0.124. The van der Waals surface area contributed by atoms with E-state index in [4.69, 9.17) is 0 Å². The van der Waals surface area contributed by atoms with Crippen molar-refractivity contribution in [2.45, 2.75) is 45.1 Å². The van der Waals surface area contributed by atoms with Gasteiger partial charge in [-0.3, -0.25) is 4.79 Å². The highest BCUT2D eigenvalue weighted by Crippen LogP contribution is 2.25. The lowest BCUT2D eigenvalue weighted by Gasteiger charge is -2.26. The molecular weight excluding hydrogens is 210 g/mol. The van der Waals surface area contributed by atoms with Gasteiger partial charge in [-0.2, -0.15) is 0 Å². The standard InChI is InChI=1S/C15H21NO/c1-3-15(9-4-10-16-15)14(17)11-13-7-5-12(2)6-8-13/h5-8,16H,3-4,9-11H2,1-2H3. The Bertz CT molecular complexity index is 388. The molecule has 92 valence electrons. The van der Waals surface area contributed by atoms with E-state index in [1.54, 1.807) is 0 Å². The molecule has 1 unspecified atom stereocenters. The van der Waals surface area contributed by atoms with Crippen molar-refractivity contribution in [3.05, 3.63) is 35.4 Å². The lowest BCUT2D eigenvalue weighted by atomic mass is 9.86. The Balaban J connectivity index is 2.08. The Morgan fingerprint density at radius 2 is 2.06 bits per heavy atom. The molecule has 1 aromatic carbocycles. The molecule has 2 rings (SSSR count). The fourth-order valence-corrected chi connectivity index (χ4v) is 2.60. The molecule has 1 saturated heterocycles. The second kappa shape index (κ2) is 5.01. The number of ketones is 1. The van der Waals surface area contributed by atoms with E-state index >= 15 is 0 Å². The largest absolute Gasteiger partial charge is 0.305 e. The second-order valence-electron chi connectivity index (χ2n) is 5.05. The summed E-state index contributed by atoms with van der Waals surface area (Å²) < 4.78 is 0. The molecule has 1 atom stereocenters. The van der Waals surface area contributed by atoms with Gasteiger partial charge in [-0.05, 0) is 38.3 Å². The first-order valence-electron chi connectivity index (χ1n) is 6.50. The number of hydrogen-bond donors (Lipinski definition) is 1. The van der Waals surface area contributed by atoms with Gasteiger partial charge < -0.3 is 5.32 Å². The van der Waals surface area contributed by atoms with E-state index in [1.807, 2.05) is 0 Å². The molecule has 0 aromatic heterocycles. The quantitative estimate of drug-likeness (QED) is 0.863.